The van der Waals surface area contributed by atoms with E-state index in [0.717, 1.165) is 35.5 Å². The van der Waals surface area contributed by atoms with Gasteiger partial charge in [-0.2, -0.15) is 0 Å². The van der Waals surface area contributed by atoms with Gasteiger partial charge in [-0.3, -0.25) is 0 Å². The maximum atomic E-state index is 2.73. The molecule has 27 heavy (non-hydrogen) atoms. The Bertz CT molecular complexity index is 554. The quantitative estimate of drug-likeness (QED) is 0.436. The van der Waals surface area contributed by atoms with E-state index >= 15 is 0 Å². The fourth-order valence-electron chi connectivity index (χ4n) is 9.11. The predicted molar refractivity (Wildman–Crippen MR) is 118 cm³/mol. The molecule has 0 spiro atoms. The van der Waals surface area contributed by atoms with E-state index in [-0.39, 0.29) is 0 Å². The van der Waals surface area contributed by atoms with Crippen LogP contribution < -0.4 is 0 Å². The minimum Gasteiger partial charge on any atom is -0.0859 e. The molecule has 4 fully saturated rings. The van der Waals surface area contributed by atoms with Gasteiger partial charge in [-0.1, -0.05) is 45.3 Å². The van der Waals surface area contributed by atoms with Gasteiger partial charge < -0.3 is 0 Å². The van der Waals surface area contributed by atoms with E-state index in [2.05, 4.69) is 40.7 Å². The molecule has 4 aliphatic carbocycles. The molecule has 8 atom stereocenters. The first-order valence-corrected chi connectivity index (χ1v) is 12.5. The van der Waals surface area contributed by atoms with Gasteiger partial charge in [0, 0.05) is 0 Å². The molecule has 0 saturated heterocycles. The summed E-state index contributed by atoms with van der Waals surface area (Å²) in [5.41, 5.74) is 2.86. The third kappa shape index (κ3) is 3.36. The highest BCUT2D eigenvalue weighted by Crippen LogP contribution is 2.68. The summed E-state index contributed by atoms with van der Waals surface area (Å²) >= 11 is 0. The first-order chi connectivity index (χ1) is 12.9. The molecule has 0 bridgehead atoms. The van der Waals surface area contributed by atoms with Gasteiger partial charge in [-0.15, -0.1) is 0 Å². The first kappa shape index (κ1) is 20.0. The topological polar surface area (TPSA) is 0 Å². The summed E-state index contributed by atoms with van der Waals surface area (Å²) in [6.45, 7) is 12.5. The molecule has 0 nitrogen and oxygen atoms in total. The van der Waals surface area contributed by atoms with Gasteiger partial charge in [0.1, 0.15) is 0 Å². The Kier molecular flexibility index (Phi) is 5.59. The highest BCUT2D eigenvalue weighted by atomic mass is 14.6. The van der Waals surface area contributed by atoms with Gasteiger partial charge in [0.25, 0.3) is 0 Å². The average Bonchev–Trinajstić information content (AvgIpc) is 2.98. The fraction of sp³-hybridized carbons (Fsp3) is 0.926. The molecule has 0 unspecified atom stereocenters. The van der Waals surface area contributed by atoms with Crippen LogP contribution in [0.1, 0.15) is 112 Å². The van der Waals surface area contributed by atoms with Crippen LogP contribution in [-0.4, -0.2) is 0 Å². The molecule has 0 aromatic carbocycles. The van der Waals surface area contributed by atoms with Crippen molar-refractivity contribution < 1.29 is 0 Å². The minimum absolute atomic E-state index is 0.656. The Morgan fingerprint density at radius 2 is 1.67 bits per heavy atom. The summed E-state index contributed by atoms with van der Waals surface area (Å²) in [4.78, 5) is 0. The second kappa shape index (κ2) is 7.53. The number of rotatable bonds is 4. The van der Waals surface area contributed by atoms with E-state index in [1.165, 1.54) is 37.7 Å². The summed E-state index contributed by atoms with van der Waals surface area (Å²) in [5.74, 6) is 6.15. The molecule has 0 N–H and O–H groups in total. The molecule has 0 heteroatoms. The van der Waals surface area contributed by atoms with Crippen molar-refractivity contribution in [2.24, 2.45) is 46.3 Å². The second-order valence-corrected chi connectivity index (χ2v) is 12.0. The molecule has 4 aliphatic rings. The number of hydrogen-bond donors (Lipinski definition) is 0. The van der Waals surface area contributed by atoms with Gasteiger partial charge in [-0.25, -0.2) is 0 Å². The van der Waals surface area contributed by atoms with Gasteiger partial charge in [0.05, 0.1) is 0 Å². The van der Waals surface area contributed by atoms with E-state index in [1.807, 2.05) is 0 Å². The predicted octanol–water partition coefficient (Wildman–Crippen LogP) is 8.42. The molecule has 4 rings (SSSR count). The Labute approximate surface area is 170 Å². The Balaban J connectivity index is 1.49. The summed E-state index contributed by atoms with van der Waals surface area (Å²) in [6.07, 6.45) is 20.6. The normalized spacial score (nSPS) is 47.5. The Hall–Kier alpha value is -0.260. The van der Waals surface area contributed by atoms with Crippen LogP contribution in [0.2, 0.25) is 0 Å². The molecule has 0 aromatic heterocycles. The molecule has 0 amide bonds. The highest BCUT2D eigenvalue weighted by molar-refractivity contribution is 5.09. The number of fused-ring (bicyclic) bond motifs is 5. The van der Waals surface area contributed by atoms with Crippen molar-refractivity contribution in [2.45, 2.75) is 112 Å². The van der Waals surface area contributed by atoms with Crippen molar-refractivity contribution in [1.82, 2.24) is 0 Å². The van der Waals surface area contributed by atoms with Gasteiger partial charge in [0.2, 0.25) is 0 Å². The molecule has 0 aliphatic heterocycles. The summed E-state index contributed by atoms with van der Waals surface area (Å²) in [7, 11) is 0. The van der Waals surface area contributed by atoms with Crippen LogP contribution in [0.3, 0.4) is 0 Å². The Morgan fingerprint density at radius 3 is 2.44 bits per heavy atom. The summed E-state index contributed by atoms with van der Waals surface area (Å²) < 4.78 is 0. The van der Waals surface area contributed by atoms with Gasteiger partial charge >= 0.3 is 0 Å². The van der Waals surface area contributed by atoms with Crippen LogP contribution in [0.5, 0.6) is 0 Å². The van der Waals surface area contributed by atoms with E-state index < -0.39 is 0 Å². The van der Waals surface area contributed by atoms with Crippen LogP contribution in [0.15, 0.2) is 11.6 Å². The van der Waals surface area contributed by atoms with E-state index in [0.29, 0.717) is 10.8 Å². The van der Waals surface area contributed by atoms with Crippen LogP contribution in [-0.2, 0) is 0 Å². The van der Waals surface area contributed by atoms with Crippen molar-refractivity contribution in [3.05, 3.63) is 11.6 Å². The third-order valence-corrected chi connectivity index (χ3v) is 10.5. The third-order valence-electron chi connectivity index (χ3n) is 10.5. The van der Waals surface area contributed by atoms with Crippen LogP contribution in [0.4, 0.5) is 0 Å². The maximum absolute atomic E-state index is 2.73. The molecule has 0 heterocycles. The van der Waals surface area contributed by atoms with Crippen LogP contribution in [0.25, 0.3) is 0 Å². The number of hydrogen-bond acceptors (Lipinski definition) is 0. The van der Waals surface area contributed by atoms with Crippen molar-refractivity contribution in [1.29, 1.82) is 0 Å². The standard InChI is InChI=1S/C27H46/c1-19(2)9-8-10-20(3)23-14-15-24-22-13-12-21-11-6-7-17-26(21,4)25(22)16-18-27(23,24)5/h9,20-25H,6-8,10-18H2,1-5H3/t20-,21+,22+,23-,24+,25+,26+,27-/m1/s1. The lowest BCUT2D eigenvalue weighted by Gasteiger charge is -2.61. The molecular weight excluding hydrogens is 324 g/mol. The Morgan fingerprint density at radius 1 is 0.889 bits per heavy atom. The van der Waals surface area contributed by atoms with E-state index in [1.54, 1.807) is 44.9 Å². The number of allylic oxidation sites excluding steroid dienone is 2. The van der Waals surface area contributed by atoms with Gasteiger partial charge in [0.15, 0.2) is 0 Å². The summed E-state index contributed by atoms with van der Waals surface area (Å²) in [5, 5.41) is 0. The van der Waals surface area contributed by atoms with E-state index in [4.69, 9.17) is 0 Å². The van der Waals surface area contributed by atoms with Crippen molar-refractivity contribution in [2.75, 3.05) is 0 Å². The zero-order valence-corrected chi connectivity index (χ0v) is 19.0. The molecule has 4 saturated carbocycles. The van der Waals surface area contributed by atoms with Crippen molar-refractivity contribution in [3.8, 4) is 0 Å². The van der Waals surface area contributed by atoms with Gasteiger partial charge in [-0.05, 0) is 124 Å². The summed E-state index contributed by atoms with van der Waals surface area (Å²) in [6, 6.07) is 0. The smallest absolute Gasteiger partial charge is 0.0264 e. The van der Waals surface area contributed by atoms with Crippen molar-refractivity contribution in [3.63, 3.8) is 0 Å². The molecular formula is C27H46. The zero-order chi connectivity index (χ0) is 19.2. The lowest BCUT2D eigenvalue weighted by molar-refractivity contribution is -0.114. The molecule has 0 radical (unpaired) electrons. The first-order valence-electron chi connectivity index (χ1n) is 12.5. The SMILES string of the molecule is CC(C)=CCC[C@@H](C)[C@H]1CC[C@H]2[C@@H]3CC[C@@H]4CCCC[C@]4(C)[C@H]3CC[C@]12C. The van der Waals surface area contributed by atoms with Crippen LogP contribution >= 0.6 is 0 Å². The zero-order valence-electron chi connectivity index (χ0n) is 19.0. The fourth-order valence-corrected chi connectivity index (χ4v) is 9.11. The average molecular weight is 371 g/mol. The highest BCUT2D eigenvalue weighted by Gasteiger charge is 2.59. The largest absolute Gasteiger partial charge is 0.0859 e. The minimum atomic E-state index is 0.656. The molecule has 0 aromatic rings. The molecule has 154 valence electrons. The lowest BCUT2D eigenvalue weighted by Crippen LogP contribution is -2.53. The second-order valence-electron chi connectivity index (χ2n) is 12.0. The van der Waals surface area contributed by atoms with Crippen LogP contribution in [0, 0.1) is 46.3 Å². The maximum Gasteiger partial charge on any atom is -0.0264 e. The lowest BCUT2D eigenvalue weighted by atomic mass is 9.44. The van der Waals surface area contributed by atoms with E-state index in [9.17, 15) is 0 Å². The van der Waals surface area contributed by atoms with Crippen molar-refractivity contribution >= 4 is 0 Å². The monoisotopic (exact) mass is 370 g/mol.